The molecule has 0 bridgehead atoms. The summed E-state index contributed by atoms with van der Waals surface area (Å²) in [6, 6.07) is 13.2. The minimum atomic E-state index is -1.19. The number of carbonyl (C=O) groups is 8. The number of benzene rings is 2. The highest BCUT2D eigenvalue weighted by molar-refractivity contribution is 6.00. The van der Waals surface area contributed by atoms with Gasteiger partial charge < -0.3 is 41.3 Å². The molecule has 4 amide bonds. The van der Waals surface area contributed by atoms with Crippen LogP contribution < -0.4 is 20.9 Å². The number of hydrogen-bond donors (Lipinski definition) is 7. The van der Waals surface area contributed by atoms with Gasteiger partial charge in [0, 0.05) is 89.9 Å². The molecule has 0 aliphatic carbocycles. The van der Waals surface area contributed by atoms with Crippen LogP contribution in [0.1, 0.15) is 38.2 Å². The smallest absolute Gasteiger partial charge is 0.326 e. The Labute approximate surface area is 386 Å². The summed E-state index contributed by atoms with van der Waals surface area (Å²) >= 11 is 0. The monoisotopic (exact) mass is 933 g/mol. The summed E-state index contributed by atoms with van der Waals surface area (Å²) in [5.74, 6) is -5.87. The van der Waals surface area contributed by atoms with Crippen molar-refractivity contribution >= 4 is 53.2 Å². The van der Waals surface area contributed by atoms with Crippen molar-refractivity contribution < 1.29 is 58.8 Å². The number of unbranched alkanes of at least 4 members (excludes halogenated alkanes) is 1. The van der Waals surface area contributed by atoms with Crippen LogP contribution in [0.25, 0.3) is 22.5 Å². The number of aliphatic carboxylic acids is 4. The number of aromatic nitrogens is 3. The predicted molar refractivity (Wildman–Crippen MR) is 240 cm³/mol. The fourth-order valence-corrected chi connectivity index (χ4v) is 8.01. The average Bonchev–Trinajstić information content (AvgIpc) is 3.66. The van der Waals surface area contributed by atoms with Gasteiger partial charge >= 0.3 is 23.9 Å². The number of fused-ring (bicyclic) bond motifs is 5. The van der Waals surface area contributed by atoms with E-state index in [-0.39, 0.29) is 123 Å². The Hall–Kier alpha value is -6.82. The van der Waals surface area contributed by atoms with E-state index in [1.165, 1.54) is 11.6 Å². The van der Waals surface area contributed by atoms with Gasteiger partial charge in [-0.3, -0.25) is 53.2 Å². The van der Waals surface area contributed by atoms with Crippen LogP contribution >= 0.6 is 0 Å². The van der Waals surface area contributed by atoms with Crippen LogP contribution in [-0.2, 0) is 51.4 Å². The second-order valence-electron chi connectivity index (χ2n) is 16.4. The molecule has 3 heterocycles. The van der Waals surface area contributed by atoms with Gasteiger partial charge in [-0.05, 0) is 30.9 Å². The number of nitrogens with zero attached hydrogens (tertiary/aromatic N) is 8. The summed E-state index contributed by atoms with van der Waals surface area (Å²) in [5, 5.41) is 55.2. The Morgan fingerprint density at radius 2 is 1.16 bits per heavy atom. The molecule has 2 aromatic carbocycles. The summed E-state index contributed by atoms with van der Waals surface area (Å²) in [7, 11) is 0. The third kappa shape index (κ3) is 15.9. The lowest BCUT2D eigenvalue weighted by atomic mass is 9.95. The molecule has 0 saturated carbocycles. The molecular formula is C44H59N11O12. The number of carbonyl (C=O) groups excluding carboxylic acids is 4. The van der Waals surface area contributed by atoms with E-state index >= 15 is 0 Å². The van der Waals surface area contributed by atoms with Gasteiger partial charge in [-0.15, -0.1) is 5.10 Å². The Kier molecular flexibility index (Phi) is 19.2. The van der Waals surface area contributed by atoms with Gasteiger partial charge in [-0.25, -0.2) is 9.48 Å². The first-order valence-electron chi connectivity index (χ1n) is 22.1. The molecule has 67 heavy (non-hydrogen) atoms. The van der Waals surface area contributed by atoms with E-state index in [2.05, 4.69) is 26.3 Å². The Morgan fingerprint density at radius 3 is 1.72 bits per heavy atom. The molecule has 2 aliphatic rings. The molecule has 0 radical (unpaired) electrons. The maximum Gasteiger partial charge on any atom is 0.326 e. The lowest BCUT2D eigenvalue weighted by Crippen LogP contribution is -2.50. The molecule has 23 heteroatoms. The summed E-state index contributed by atoms with van der Waals surface area (Å²) in [4.78, 5) is 107. The molecule has 1 fully saturated rings. The highest BCUT2D eigenvalue weighted by Crippen LogP contribution is 2.41. The first-order valence-corrected chi connectivity index (χ1v) is 22.1. The second-order valence-corrected chi connectivity index (χ2v) is 16.4. The molecule has 23 nitrogen and oxygen atoms in total. The predicted octanol–water partition coefficient (Wildman–Crippen LogP) is -0.684. The molecule has 1 atom stereocenters. The maximum atomic E-state index is 14.2. The largest absolute Gasteiger partial charge is 0.480 e. The minimum Gasteiger partial charge on any atom is -0.480 e. The van der Waals surface area contributed by atoms with Crippen molar-refractivity contribution in [2.75, 3.05) is 96.5 Å². The lowest BCUT2D eigenvalue weighted by Gasteiger charge is -2.32. The Morgan fingerprint density at radius 1 is 0.627 bits per heavy atom. The second kappa shape index (κ2) is 25.2. The zero-order chi connectivity index (χ0) is 48.5. The highest BCUT2D eigenvalue weighted by Gasteiger charge is 2.30. The summed E-state index contributed by atoms with van der Waals surface area (Å²) in [6.07, 6.45) is 1.05. The van der Waals surface area contributed by atoms with E-state index in [0.717, 1.165) is 0 Å². The average molecular weight is 934 g/mol. The molecule has 2 aliphatic heterocycles. The number of carboxylic acids is 4. The van der Waals surface area contributed by atoms with Crippen molar-refractivity contribution in [3.05, 3.63) is 54.1 Å². The number of anilines is 1. The molecule has 362 valence electrons. The zero-order valence-corrected chi connectivity index (χ0v) is 37.5. The van der Waals surface area contributed by atoms with Gasteiger partial charge in [0.15, 0.2) is 0 Å². The van der Waals surface area contributed by atoms with E-state index in [9.17, 15) is 58.8 Å². The molecule has 7 N–H and O–H groups in total. The van der Waals surface area contributed by atoms with E-state index in [1.807, 2.05) is 18.2 Å². The van der Waals surface area contributed by atoms with Gasteiger partial charge in [0.1, 0.15) is 18.3 Å². The van der Waals surface area contributed by atoms with Crippen molar-refractivity contribution in [1.82, 2.24) is 50.5 Å². The van der Waals surface area contributed by atoms with Crippen LogP contribution in [0.4, 0.5) is 5.69 Å². The SMILES string of the molecule is CC(=O)NCCCCC(NC(=O)Cn1nnc2c1-c1ccccc1CN(C(=O)CCNC(=O)CN1CCN(CC(=O)O)CCN(CC(=O)O)CCN(CC(=O)O)CC1)c1ccccc1-2)C(=O)O. The molecule has 1 aromatic heterocycles. The van der Waals surface area contributed by atoms with Crippen LogP contribution in [0.2, 0.25) is 0 Å². The van der Waals surface area contributed by atoms with Crippen LogP contribution in [0.3, 0.4) is 0 Å². The van der Waals surface area contributed by atoms with Crippen LogP contribution in [0.5, 0.6) is 0 Å². The summed E-state index contributed by atoms with van der Waals surface area (Å²) in [5.41, 5.74) is 3.31. The number of hydrogen-bond acceptors (Lipinski definition) is 14. The Bertz CT molecular complexity index is 2220. The summed E-state index contributed by atoms with van der Waals surface area (Å²) < 4.78 is 1.41. The fraction of sp³-hybridized carbons (Fsp3) is 0.500. The number of nitrogens with one attached hydrogen (secondary N) is 3. The third-order valence-corrected chi connectivity index (χ3v) is 11.3. The van der Waals surface area contributed by atoms with E-state index in [4.69, 9.17) is 0 Å². The number of carboxylic acid groups (broad SMARTS) is 4. The quantitative estimate of drug-likeness (QED) is 0.0691. The first-order chi connectivity index (χ1) is 32.1. The van der Waals surface area contributed by atoms with Crippen molar-refractivity contribution in [3.63, 3.8) is 0 Å². The van der Waals surface area contributed by atoms with Crippen molar-refractivity contribution in [2.45, 2.75) is 51.7 Å². The van der Waals surface area contributed by atoms with Gasteiger partial charge in [0.25, 0.3) is 0 Å². The number of rotatable bonds is 20. The molecule has 5 rings (SSSR count). The van der Waals surface area contributed by atoms with E-state index in [1.54, 1.807) is 54.8 Å². The van der Waals surface area contributed by atoms with Crippen molar-refractivity contribution in [2.24, 2.45) is 0 Å². The molecule has 1 unspecified atom stereocenters. The molecule has 1 saturated heterocycles. The van der Waals surface area contributed by atoms with Crippen LogP contribution in [-0.4, -0.2) is 200 Å². The fourth-order valence-electron chi connectivity index (χ4n) is 8.01. The van der Waals surface area contributed by atoms with Gasteiger partial charge in [-0.2, -0.15) is 0 Å². The molecular weight excluding hydrogens is 875 g/mol. The highest BCUT2D eigenvalue weighted by atomic mass is 16.4. The normalized spacial score (nSPS) is 15.7. The molecule has 3 aromatic rings. The van der Waals surface area contributed by atoms with Crippen LogP contribution in [0.15, 0.2) is 48.5 Å². The van der Waals surface area contributed by atoms with Gasteiger partial charge in [0.2, 0.25) is 23.6 Å². The van der Waals surface area contributed by atoms with Gasteiger partial charge in [0.05, 0.1) is 44.1 Å². The van der Waals surface area contributed by atoms with E-state index < -0.39 is 41.7 Å². The zero-order valence-electron chi connectivity index (χ0n) is 37.5. The van der Waals surface area contributed by atoms with Crippen LogP contribution in [0, 0.1) is 0 Å². The molecule has 0 spiro atoms. The first kappa shape index (κ1) is 51.2. The lowest BCUT2D eigenvalue weighted by molar-refractivity contribution is -0.142. The third-order valence-electron chi connectivity index (χ3n) is 11.3. The van der Waals surface area contributed by atoms with Gasteiger partial charge in [-0.1, -0.05) is 47.7 Å². The standard InChI is InChI=1S/C44H59N11O12/c1-30(56)45-14-7-6-11-34(44(66)67)47-37(58)26-55-43-32-9-3-2-8-31(32)24-54(35-12-5-4-10-33(35)42(43)48-49-55)38(59)13-15-46-36(57)25-50-16-18-51(27-39(60)61)20-22-53(29-41(64)65)23-21-52(19-17-50)28-40(62)63/h2-5,8-10,12,34H,6-7,11,13-29H2,1H3,(H,45,56)(H,46,57)(H,47,58)(H,60,61)(H,62,63)(H,64,65)(H,66,67). The summed E-state index contributed by atoms with van der Waals surface area (Å²) in [6.45, 7) is 2.47. The maximum absolute atomic E-state index is 14.2. The van der Waals surface area contributed by atoms with E-state index in [0.29, 0.717) is 53.2 Å². The minimum absolute atomic E-state index is 0.0231. The van der Waals surface area contributed by atoms with Crippen molar-refractivity contribution in [3.8, 4) is 22.5 Å². The topological polar surface area (TPSA) is 300 Å². The van der Waals surface area contributed by atoms with Crippen molar-refractivity contribution in [1.29, 1.82) is 0 Å². The number of amides is 4. The number of para-hydroxylation sites is 1. The Balaban J connectivity index is 1.26.